The van der Waals surface area contributed by atoms with Crippen LogP contribution in [0, 0.1) is 11.6 Å². The maximum Gasteiger partial charge on any atom is 0.307 e. The number of amidine groups is 1. The van der Waals surface area contributed by atoms with E-state index >= 15 is 0 Å². The van der Waals surface area contributed by atoms with Crippen LogP contribution in [-0.4, -0.2) is 29.4 Å². The lowest BCUT2D eigenvalue weighted by Crippen LogP contribution is -2.40. The number of nitrogens with one attached hydrogen (secondary N) is 1. The average Bonchev–Trinajstić information content (AvgIpc) is 2.59. The normalized spacial score (nSPS) is 18.4. The van der Waals surface area contributed by atoms with Gasteiger partial charge in [-0.1, -0.05) is 11.6 Å². The van der Waals surface area contributed by atoms with E-state index in [1.807, 2.05) is 0 Å². The number of hydrogen-bond donors (Lipinski definition) is 2. The molecule has 1 aliphatic rings. The van der Waals surface area contributed by atoms with Crippen LogP contribution in [0.3, 0.4) is 0 Å². The largest absolute Gasteiger partial charge is 0.459 e. The lowest BCUT2D eigenvalue weighted by molar-refractivity contribution is -0.0788. The molecule has 1 atom stereocenters. The highest BCUT2D eigenvalue weighted by Gasteiger charge is 2.46. The van der Waals surface area contributed by atoms with Gasteiger partial charge >= 0.3 is 5.92 Å². The fraction of sp³-hybridized carbons (Fsp3) is 0.188. The number of alkyl halides is 2. The number of nitrogens with zero attached hydrogens (tertiary/aromatic N) is 2. The molecule has 142 valence electrons. The Kier molecular flexibility index (Phi) is 4.92. The van der Waals surface area contributed by atoms with Gasteiger partial charge in [0.2, 0.25) is 0 Å². The van der Waals surface area contributed by atoms with Crippen molar-refractivity contribution in [3.8, 4) is 0 Å². The first-order valence-corrected chi connectivity index (χ1v) is 7.81. The molecule has 1 aliphatic heterocycles. The van der Waals surface area contributed by atoms with E-state index in [4.69, 9.17) is 17.3 Å². The molecule has 0 bridgehead atoms. The van der Waals surface area contributed by atoms with E-state index in [0.717, 1.165) is 30.5 Å². The molecule has 1 aromatic heterocycles. The number of amides is 1. The summed E-state index contributed by atoms with van der Waals surface area (Å²) in [7, 11) is 0. The number of ether oxygens (including phenoxy) is 1. The molecule has 1 aromatic carbocycles. The number of nitrogens with two attached hydrogens (primary N) is 1. The lowest BCUT2D eigenvalue weighted by atomic mass is 9.99. The molecule has 0 spiro atoms. The quantitative estimate of drug-likeness (QED) is 0.771. The smallest absolute Gasteiger partial charge is 0.307 e. The second-order valence-electron chi connectivity index (χ2n) is 5.59. The zero-order valence-corrected chi connectivity index (χ0v) is 14.1. The van der Waals surface area contributed by atoms with Gasteiger partial charge < -0.3 is 15.8 Å². The number of halogens is 5. The van der Waals surface area contributed by atoms with E-state index in [0.29, 0.717) is 0 Å². The first-order chi connectivity index (χ1) is 12.7. The van der Waals surface area contributed by atoms with Crippen LogP contribution in [0.4, 0.5) is 23.2 Å². The predicted molar refractivity (Wildman–Crippen MR) is 88.8 cm³/mol. The monoisotopic (exact) mass is 402 g/mol. The summed E-state index contributed by atoms with van der Waals surface area (Å²) in [6.45, 7) is -1.06. The fourth-order valence-electron chi connectivity index (χ4n) is 2.41. The van der Waals surface area contributed by atoms with Crippen LogP contribution in [-0.2, 0) is 4.74 Å². The van der Waals surface area contributed by atoms with Gasteiger partial charge in [0.1, 0.15) is 17.3 Å². The third kappa shape index (κ3) is 3.95. The summed E-state index contributed by atoms with van der Waals surface area (Å²) in [5.74, 6) is -6.04. The summed E-state index contributed by atoms with van der Waals surface area (Å²) < 4.78 is 59.7. The van der Waals surface area contributed by atoms with Crippen LogP contribution in [0.25, 0.3) is 0 Å². The lowest BCUT2D eigenvalue weighted by Gasteiger charge is -2.28. The second-order valence-corrected chi connectivity index (χ2v) is 6.00. The zero-order chi connectivity index (χ0) is 19.8. The molecule has 2 aromatic rings. The predicted octanol–water partition coefficient (Wildman–Crippen LogP) is 3.29. The van der Waals surface area contributed by atoms with E-state index < -0.39 is 47.7 Å². The van der Waals surface area contributed by atoms with Gasteiger partial charge in [-0.2, -0.15) is 0 Å². The summed E-state index contributed by atoms with van der Waals surface area (Å²) in [4.78, 5) is 19.2. The van der Waals surface area contributed by atoms with Gasteiger partial charge in [0.15, 0.2) is 12.6 Å². The number of hydrogen-bond acceptors (Lipinski definition) is 5. The first-order valence-electron chi connectivity index (χ1n) is 7.43. The molecule has 11 heteroatoms. The summed E-state index contributed by atoms with van der Waals surface area (Å²) >= 11 is 5.75. The Balaban J connectivity index is 1.91. The SMILES string of the molecule is NC1=NC(c2cc(NC(=O)c3ncc(F)cc3Cl)ccc2F)C(F)(F)CO1. The van der Waals surface area contributed by atoms with Gasteiger partial charge in [0.05, 0.1) is 11.2 Å². The Labute approximate surface area is 155 Å². The van der Waals surface area contributed by atoms with Crippen LogP contribution in [0.15, 0.2) is 35.5 Å². The highest BCUT2D eigenvalue weighted by Crippen LogP contribution is 2.39. The molecule has 2 heterocycles. The second kappa shape index (κ2) is 7.03. The van der Waals surface area contributed by atoms with Crippen molar-refractivity contribution >= 4 is 29.2 Å². The van der Waals surface area contributed by atoms with Crippen molar-refractivity contribution in [1.29, 1.82) is 0 Å². The number of pyridine rings is 1. The summed E-state index contributed by atoms with van der Waals surface area (Å²) in [5, 5.41) is 2.09. The van der Waals surface area contributed by atoms with Gasteiger partial charge in [-0.25, -0.2) is 27.5 Å². The molecule has 0 radical (unpaired) electrons. The minimum Gasteiger partial charge on any atom is -0.459 e. The Bertz CT molecular complexity index is 939. The third-order valence-corrected chi connectivity index (χ3v) is 3.93. The molecule has 0 saturated heterocycles. The van der Waals surface area contributed by atoms with E-state index in [9.17, 15) is 22.4 Å². The molecular formula is C16H11ClF4N4O2. The number of aromatic nitrogens is 1. The molecule has 3 N–H and O–H groups in total. The molecule has 27 heavy (non-hydrogen) atoms. The Morgan fingerprint density at radius 2 is 2.07 bits per heavy atom. The van der Waals surface area contributed by atoms with E-state index in [-0.39, 0.29) is 16.4 Å². The topological polar surface area (TPSA) is 89.6 Å². The van der Waals surface area contributed by atoms with Crippen molar-refractivity contribution in [3.63, 3.8) is 0 Å². The molecule has 3 rings (SSSR count). The highest BCUT2D eigenvalue weighted by molar-refractivity contribution is 6.34. The molecular weight excluding hydrogens is 392 g/mol. The van der Waals surface area contributed by atoms with Gasteiger partial charge in [0, 0.05) is 11.3 Å². The minimum atomic E-state index is -3.51. The van der Waals surface area contributed by atoms with Gasteiger partial charge in [-0.15, -0.1) is 0 Å². The maximum atomic E-state index is 14.1. The maximum absolute atomic E-state index is 14.1. The van der Waals surface area contributed by atoms with Crippen molar-refractivity contribution in [2.75, 3.05) is 11.9 Å². The van der Waals surface area contributed by atoms with E-state index in [1.54, 1.807) is 0 Å². The van der Waals surface area contributed by atoms with Crippen molar-refractivity contribution in [2.24, 2.45) is 10.7 Å². The molecule has 6 nitrogen and oxygen atoms in total. The number of carbonyl (C=O) groups excluding carboxylic acids is 1. The Morgan fingerprint density at radius 1 is 1.33 bits per heavy atom. The number of rotatable bonds is 3. The Hall–Kier alpha value is -2.88. The number of benzene rings is 1. The highest BCUT2D eigenvalue weighted by atomic mass is 35.5. The van der Waals surface area contributed by atoms with Gasteiger partial charge in [-0.3, -0.25) is 4.79 Å². The number of anilines is 1. The minimum absolute atomic E-state index is 0.0188. The molecule has 0 saturated carbocycles. The van der Waals surface area contributed by atoms with Gasteiger partial charge in [-0.05, 0) is 24.3 Å². The van der Waals surface area contributed by atoms with Crippen molar-refractivity contribution < 1.29 is 27.1 Å². The average molecular weight is 403 g/mol. The van der Waals surface area contributed by atoms with Crippen molar-refractivity contribution in [3.05, 3.63) is 58.4 Å². The van der Waals surface area contributed by atoms with Crippen molar-refractivity contribution in [1.82, 2.24) is 4.98 Å². The van der Waals surface area contributed by atoms with Crippen LogP contribution in [0.5, 0.6) is 0 Å². The first kappa shape index (κ1) is 18.9. The number of carbonyl (C=O) groups is 1. The molecule has 1 unspecified atom stereocenters. The zero-order valence-electron chi connectivity index (χ0n) is 13.3. The fourth-order valence-corrected chi connectivity index (χ4v) is 2.65. The van der Waals surface area contributed by atoms with Crippen LogP contribution in [0.2, 0.25) is 5.02 Å². The van der Waals surface area contributed by atoms with E-state index in [2.05, 4.69) is 20.0 Å². The summed E-state index contributed by atoms with van der Waals surface area (Å²) in [6.07, 6.45) is 0.789. The van der Waals surface area contributed by atoms with E-state index in [1.165, 1.54) is 0 Å². The Morgan fingerprint density at radius 3 is 2.78 bits per heavy atom. The molecule has 0 aliphatic carbocycles. The van der Waals surface area contributed by atoms with Crippen molar-refractivity contribution in [2.45, 2.75) is 12.0 Å². The van der Waals surface area contributed by atoms with Gasteiger partial charge in [0.25, 0.3) is 11.9 Å². The summed E-state index contributed by atoms with van der Waals surface area (Å²) in [6, 6.07) is 1.50. The van der Waals surface area contributed by atoms with Crippen LogP contribution in [0.1, 0.15) is 22.1 Å². The summed E-state index contributed by atoms with van der Waals surface area (Å²) in [5.41, 5.74) is 4.51. The standard InChI is InChI=1S/C16H11ClF4N4O2/c17-10-3-7(18)5-23-12(10)14(26)24-8-1-2-11(19)9(4-8)13-16(20,21)6-27-15(22)25-13/h1-5,13H,6H2,(H2,22,25)(H,24,26). The van der Waals surface area contributed by atoms with Crippen LogP contribution < -0.4 is 11.1 Å². The molecule has 0 fully saturated rings. The molecule has 1 amide bonds. The number of aliphatic imine (C=N–C) groups is 1. The third-order valence-electron chi connectivity index (χ3n) is 3.64. The van der Waals surface area contributed by atoms with Crippen LogP contribution >= 0.6 is 11.6 Å².